The lowest BCUT2D eigenvalue weighted by Gasteiger charge is -2.39. The van der Waals surface area contributed by atoms with Gasteiger partial charge in [-0.05, 0) is 38.3 Å². The van der Waals surface area contributed by atoms with Crippen molar-refractivity contribution in [2.75, 3.05) is 11.4 Å². The van der Waals surface area contributed by atoms with Gasteiger partial charge in [0.2, 0.25) is 0 Å². The second-order valence-corrected chi connectivity index (χ2v) is 4.63. The molecule has 1 aliphatic heterocycles. The number of nitrogens with two attached hydrogens (primary N) is 1. The average molecular weight is 230 g/mol. The van der Waals surface area contributed by atoms with Gasteiger partial charge in [-0.15, -0.1) is 0 Å². The summed E-state index contributed by atoms with van der Waals surface area (Å²) in [6, 6.07) is 6.41. The standard InChI is InChI=1S/C13H18N4/c1-10(15)13-4-2-3-7-17(13)12-5-6-16-11(8-12)9-14/h5-6,8,10,13H,2-4,7,15H2,1H3. The highest BCUT2D eigenvalue weighted by atomic mass is 15.2. The molecule has 1 aromatic heterocycles. The normalized spacial score (nSPS) is 21.9. The van der Waals surface area contributed by atoms with Gasteiger partial charge in [0, 0.05) is 30.5 Å². The summed E-state index contributed by atoms with van der Waals surface area (Å²) >= 11 is 0. The molecule has 1 aliphatic rings. The molecular formula is C13H18N4. The van der Waals surface area contributed by atoms with Gasteiger partial charge in [-0.1, -0.05) is 0 Å². The fourth-order valence-electron chi connectivity index (χ4n) is 2.48. The van der Waals surface area contributed by atoms with Crippen LogP contribution in [0.25, 0.3) is 0 Å². The van der Waals surface area contributed by atoms with Gasteiger partial charge < -0.3 is 10.6 Å². The lowest BCUT2D eigenvalue weighted by molar-refractivity contribution is 0.413. The highest BCUT2D eigenvalue weighted by Gasteiger charge is 2.25. The summed E-state index contributed by atoms with van der Waals surface area (Å²) in [5, 5.41) is 8.88. The van der Waals surface area contributed by atoms with Gasteiger partial charge >= 0.3 is 0 Å². The summed E-state index contributed by atoms with van der Waals surface area (Å²) in [5.41, 5.74) is 7.58. The molecule has 17 heavy (non-hydrogen) atoms. The molecule has 1 aromatic rings. The first-order valence-corrected chi connectivity index (χ1v) is 6.11. The van der Waals surface area contributed by atoms with Crippen LogP contribution in [0.2, 0.25) is 0 Å². The van der Waals surface area contributed by atoms with Gasteiger partial charge in [0.25, 0.3) is 0 Å². The van der Waals surface area contributed by atoms with E-state index in [9.17, 15) is 0 Å². The third-order valence-corrected chi connectivity index (χ3v) is 3.35. The minimum Gasteiger partial charge on any atom is -0.367 e. The van der Waals surface area contributed by atoms with Crippen LogP contribution < -0.4 is 10.6 Å². The molecule has 0 saturated carbocycles. The maximum atomic E-state index is 8.88. The van der Waals surface area contributed by atoms with Crippen LogP contribution >= 0.6 is 0 Å². The van der Waals surface area contributed by atoms with Crippen molar-refractivity contribution < 1.29 is 0 Å². The minimum atomic E-state index is 0.147. The van der Waals surface area contributed by atoms with Crippen LogP contribution in [0.3, 0.4) is 0 Å². The Hall–Kier alpha value is -1.60. The van der Waals surface area contributed by atoms with Crippen molar-refractivity contribution in [1.29, 1.82) is 5.26 Å². The van der Waals surface area contributed by atoms with Crippen molar-refractivity contribution in [2.24, 2.45) is 5.73 Å². The van der Waals surface area contributed by atoms with Gasteiger partial charge in [-0.3, -0.25) is 0 Å². The molecule has 1 saturated heterocycles. The van der Waals surface area contributed by atoms with E-state index in [0.717, 1.165) is 18.7 Å². The third-order valence-electron chi connectivity index (χ3n) is 3.35. The van der Waals surface area contributed by atoms with Crippen LogP contribution in [0.15, 0.2) is 18.3 Å². The van der Waals surface area contributed by atoms with Crippen molar-refractivity contribution in [1.82, 2.24) is 4.98 Å². The van der Waals surface area contributed by atoms with E-state index in [1.807, 2.05) is 12.1 Å². The van der Waals surface area contributed by atoms with Crippen LogP contribution in [0.5, 0.6) is 0 Å². The Morgan fingerprint density at radius 2 is 2.41 bits per heavy atom. The smallest absolute Gasteiger partial charge is 0.142 e. The number of hydrogen-bond acceptors (Lipinski definition) is 4. The zero-order valence-electron chi connectivity index (χ0n) is 10.1. The molecule has 0 spiro atoms. The second-order valence-electron chi connectivity index (χ2n) is 4.63. The van der Waals surface area contributed by atoms with Gasteiger partial charge in [0.1, 0.15) is 11.8 Å². The molecule has 1 fully saturated rings. The van der Waals surface area contributed by atoms with Crippen LogP contribution in [0.1, 0.15) is 31.9 Å². The van der Waals surface area contributed by atoms with Gasteiger partial charge in [-0.25, -0.2) is 4.98 Å². The topological polar surface area (TPSA) is 65.9 Å². The fourth-order valence-corrected chi connectivity index (χ4v) is 2.48. The van der Waals surface area contributed by atoms with E-state index >= 15 is 0 Å². The number of aromatic nitrogens is 1. The zero-order chi connectivity index (χ0) is 12.3. The predicted molar refractivity (Wildman–Crippen MR) is 67.6 cm³/mol. The van der Waals surface area contributed by atoms with Crippen molar-refractivity contribution >= 4 is 5.69 Å². The molecule has 2 atom stereocenters. The Balaban J connectivity index is 2.26. The van der Waals surface area contributed by atoms with Crippen LogP contribution in [-0.2, 0) is 0 Å². The quantitative estimate of drug-likeness (QED) is 0.839. The molecule has 2 N–H and O–H groups in total. The molecule has 2 unspecified atom stereocenters. The fraction of sp³-hybridized carbons (Fsp3) is 0.538. The SMILES string of the molecule is CC(N)C1CCCCN1c1ccnc(C#N)c1. The molecule has 2 heterocycles. The lowest BCUT2D eigenvalue weighted by atomic mass is 9.96. The maximum absolute atomic E-state index is 8.88. The summed E-state index contributed by atoms with van der Waals surface area (Å²) in [6.45, 7) is 3.07. The van der Waals surface area contributed by atoms with Crippen molar-refractivity contribution in [2.45, 2.75) is 38.3 Å². The Labute approximate surface area is 102 Å². The van der Waals surface area contributed by atoms with Crippen molar-refractivity contribution in [3.8, 4) is 6.07 Å². The molecular weight excluding hydrogens is 212 g/mol. The van der Waals surface area contributed by atoms with Crippen LogP contribution in [-0.4, -0.2) is 23.6 Å². The summed E-state index contributed by atoms with van der Waals surface area (Å²) in [7, 11) is 0. The third kappa shape index (κ3) is 2.56. The molecule has 0 aliphatic carbocycles. The van der Waals surface area contributed by atoms with Gasteiger partial charge in [0.05, 0.1) is 0 Å². The van der Waals surface area contributed by atoms with E-state index in [4.69, 9.17) is 11.0 Å². The van der Waals surface area contributed by atoms with Gasteiger partial charge in [-0.2, -0.15) is 5.26 Å². The average Bonchev–Trinajstić information content (AvgIpc) is 2.39. The molecule has 0 amide bonds. The van der Waals surface area contributed by atoms with Crippen LogP contribution in [0, 0.1) is 11.3 Å². The van der Waals surface area contributed by atoms with E-state index < -0.39 is 0 Å². The summed E-state index contributed by atoms with van der Waals surface area (Å²) in [4.78, 5) is 6.32. The number of rotatable bonds is 2. The van der Waals surface area contributed by atoms with E-state index in [2.05, 4.69) is 22.9 Å². The van der Waals surface area contributed by atoms with Crippen molar-refractivity contribution in [3.05, 3.63) is 24.0 Å². The van der Waals surface area contributed by atoms with Crippen LogP contribution in [0.4, 0.5) is 5.69 Å². The summed E-state index contributed by atoms with van der Waals surface area (Å²) in [6.07, 6.45) is 5.24. The first-order valence-electron chi connectivity index (χ1n) is 6.11. The molecule has 4 nitrogen and oxygen atoms in total. The number of nitriles is 1. The molecule has 0 bridgehead atoms. The summed E-state index contributed by atoms with van der Waals surface area (Å²) in [5.74, 6) is 0. The van der Waals surface area contributed by atoms with E-state index in [1.165, 1.54) is 12.8 Å². The lowest BCUT2D eigenvalue weighted by Crippen LogP contribution is -2.49. The number of anilines is 1. The minimum absolute atomic E-state index is 0.147. The first kappa shape index (κ1) is 11.9. The first-order chi connectivity index (χ1) is 8.22. The number of pyridine rings is 1. The van der Waals surface area contributed by atoms with E-state index in [-0.39, 0.29) is 6.04 Å². The summed E-state index contributed by atoms with van der Waals surface area (Å²) < 4.78 is 0. The second kappa shape index (κ2) is 5.15. The Morgan fingerprint density at radius 1 is 1.59 bits per heavy atom. The maximum Gasteiger partial charge on any atom is 0.142 e. The highest BCUT2D eigenvalue weighted by Crippen LogP contribution is 2.26. The largest absolute Gasteiger partial charge is 0.367 e. The van der Waals surface area contributed by atoms with Crippen molar-refractivity contribution in [3.63, 3.8) is 0 Å². The predicted octanol–water partition coefficient (Wildman–Crippen LogP) is 1.66. The Morgan fingerprint density at radius 3 is 3.12 bits per heavy atom. The molecule has 0 radical (unpaired) electrons. The molecule has 0 aromatic carbocycles. The molecule has 4 heteroatoms. The van der Waals surface area contributed by atoms with E-state index in [0.29, 0.717) is 11.7 Å². The van der Waals surface area contributed by atoms with Gasteiger partial charge in [0.15, 0.2) is 0 Å². The molecule has 90 valence electrons. The zero-order valence-corrected chi connectivity index (χ0v) is 10.1. The monoisotopic (exact) mass is 230 g/mol. The van der Waals surface area contributed by atoms with E-state index in [1.54, 1.807) is 6.20 Å². The number of hydrogen-bond donors (Lipinski definition) is 1. The molecule has 2 rings (SSSR count). The Kier molecular flexibility index (Phi) is 3.60. The number of nitrogens with zero attached hydrogens (tertiary/aromatic N) is 3. The highest BCUT2D eigenvalue weighted by molar-refractivity contribution is 5.50. The number of piperidine rings is 1. The Bertz CT molecular complexity index is 422.